The molecule has 1 aliphatic heterocycles. The summed E-state index contributed by atoms with van der Waals surface area (Å²) in [7, 11) is 1.64. The molecule has 4 rings (SSSR count). The third-order valence-corrected chi connectivity index (χ3v) is 6.72. The van der Waals surface area contributed by atoms with Crippen molar-refractivity contribution in [1.82, 2.24) is 0 Å². The molecular formula is C21H19NO3S2. The van der Waals surface area contributed by atoms with Gasteiger partial charge in [0.1, 0.15) is 6.61 Å². The first kappa shape index (κ1) is 17.9. The first-order valence-electron chi connectivity index (χ1n) is 8.58. The number of hydrogen-bond acceptors (Lipinski definition) is 5. The highest BCUT2D eigenvalue weighted by Crippen LogP contribution is 2.46. The highest BCUT2D eigenvalue weighted by atomic mass is 32.2. The number of thiophene rings is 1. The number of methoxy groups -OCH3 is 1. The Balaban J connectivity index is 1.63. The molecule has 0 radical (unpaired) electrons. The van der Waals surface area contributed by atoms with E-state index in [1.54, 1.807) is 30.2 Å². The van der Waals surface area contributed by atoms with Crippen molar-refractivity contribution in [1.29, 1.82) is 0 Å². The van der Waals surface area contributed by atoms with Gasteiger partial charge in [-0.3, -0.25) is 4.79 Å². The van der Waals surface area contributed by atoms with Crippen molar-refractivity contribution in [2.75, 3.05) is 18.2 Å². The van der Waals surface area contributed by atoms with Crippen LogP contribution in [0.15, 0.2) is 60.0 Å². The third kappa shape index (κ3) is 3.96. The summed E-state index contributed by atoms with van der Waals surface area (Å²) in [5.41, 5.74) is 3.11. The molecule has 4 nitrogen and oxygen atoms in total. The minimum absolute atomic E-state index is 0.0382. The summed E-state index contributed by atoms with van der Waals surface area (Å²) in [4.78, 5) is 13.1. The minimum atomic E-state index is 0.0382. The lowest BCUT2D eigenvalue weighted by Gasteiger charge is -2.17. The van der Waals surface area contributed by atoms with Gasteiger partial charge in [-0.05, 0) is 34.7 Å². The molecule has 27 heavy (non-hydrogen) atoms. The fourth-order valence-corrected chi connectivity index (χ4v) is 5.24. The van der Waals surface area contributed by atoms with Crippen molar-refractivity contribution in [3.63, 3.8) is 0 Å². The SMILES string of the molecule is COc1ccc(C2SCC(=O)Nc3ccsc32)cc1OCc1ccccc1. The van der Waals surface area contributed by atoms with Crippen LogP contribution in [0.5, 0.6) is 11.5 Å². The van der Waals surface area contributed by atoms with E-state index in [0.717, 1.165) is 21.7 Å². The fourth-order valence-electron chi connectivity index (χ4n) is 3.00. The number of nitrogens with one attached hydrogen (secondary N) is 1. The van der Waals surface area contributed by atoms with E-state index in [2.05, 4.69) is 5.32 Å². The number of carbonyl (C=O) groups is 1. The van der Waals surface area contributed by atoms with Crippen LogP contribution in [-0.2, 0) is 11.4 Å². The van der Waals surface area contributed by atoms with E-state index in [4.69, 9.17) is 9.47 Å². The van der Waals surface area contributed by atoms with Gasteiger partial charge in [-0.2, -0.15) is 0 Å². The Labute approximate surface area is 166 Å². The summed E-state index contributed by atoms with van der Waals surface area (Å²) < 4.78 is 11.5. The molecule has 3 aromatic rings. The van der Waals surface area contributed by atoms with Gasteiger partial charge in [0, 0.05) is 4.88 Å². The second-order valence-corrected chi connectivity index (χ2v) is 8.16. The molecule has 1 atom stereocenters. The van der Waals surface area contributed by atoms with Crippen LogP contribution in [0.2, 0.25) is 0 Å². The Morgan fingerprint density at radius 3 is 2.78 bits per heavy atom. The number of thioether (sulfide) groups is 1. The summed E-state index contributed by atoms with van der Waals surface area (Å²) in [6.45, 7) is 0.475. The summed E-state index contributed by atoms with van der Waals surface area (Å²) in [5.74, 6) is 1.88. The van der Waals surface area contributed by atoms with E-state index >= 15 is 0 Å². The van der Waals surface area contributed by atoms with Crippen LogP contribution < -0.4 is 14.8 Å². The summed E-state index contributed by atoms with van der Waals surface area (Å²) in [6.07, 6.45) is 0. The minimum Gasteiger partial charge on any atom is -0.493 e. The topological polar surface area (TPSA) is 47.6 Å². The van der Waals surface area contributed by atoms with Crippen molar-refractivity contribution >= 4 is 34.7 Å². The molecule has 0 fully saturated rings. The van der Waals surface area contributed by atoms with Crippen LogP contribution in [0.1, 0.15) is 21.3 Å². The molecule has 1 aliphatic rings. The van der Waals surface area contributed by atoms with Crippen LogP contribution >= 0.6 is 23.1 Å². The Hall–Kier alpha value is -2.44. The standard InChI is InChI=1S/C21H19NO3S2/c1-24-17-8-7-15(11-18(17)25-12-14-5-3-2-4-6-14)20-21-16(9-10-26-21)22-19(23)13-27-20/h2-11,20H,12-13H2,1H3,(H,22,23). The lowest BCUT2D eigenvalue weighted by atomic mass is 10.1. The number of benzene rings is 2. The van der Waals surface area contributed by atoms with Gasteiger partial charge in [-0.15, -0.1) is 23.1 Å². The van der Waals surface area contributed by atoms with Gasteiger partial charge >= 0.3 is 0 Å². The largest absolute Gasteiger partial charge is 0.493 e. The maximum absolute atomic E-state index is 12.0. The second-order valence-electron chi connectivity index (χ2n) is 6.12. The zero-order valence-electron chi connectivity index (χ0n) is 14.8. The maximum atomic E-state index is 12.0. The van der Waals surface area contributed by atoms with Crippen LogP contribution in [0.25, 0.3) is 0 Å². The first-order valence-corrected chi connectivity index (χ1v) is 10.5. The van der Waals surface area contributed by atoms with Crippen molar-refractivity contribution in [2.24, 2.45) is 0 Å². The first-order chi connectivity index (χ1) is 13.2. The lowest BCUT2D eigenvalue weighted by molar-refractivity contribution is -0.113. The quantitative estimate of drug-likeness (QED) is 0.650. The molecule has 0 aliphatic carbocycles. The fraction of sp³-hybridized carbons (Fsp3) is 0.190. The highest BCUT2D eigenvalue weighted by Gasteiger charge is 2.26. The smallest absolute Gasteiger partial charge is 0.234 e. The normalized spacial score (nSPS) is 16.2. The Morgan fingerprint density at radius 2 is 1.96 bits per heavy atom. The zero-order valence-corrected chi connectivity index (χ0v) is 16.4. The van der Waals surface area contributed by atoms with Crippen molar-refractivity contribution in [2.45, 2.75) is 11.9 Å². The highest BCUT2D eigenvalue weighted by molar-refractivity contribution is 8.00. The van der Waals surface area contributed by atoms with Gasteiger partial charge in [0.2, 0.25) is 5.91 Å². The van der Waals surface area contributed by atoms with Gasteiger partial charge in [0.15, 0.2) is 11.5 Å². The molecule has 0 saturated carbocycles. The van der Waals surface area contributed by atoms with Gasteiger partial charge in [0.05, 0.1) is 23.8 Å². The van der Waals surface area contributed by atoms with E-state index < -0.39 is 0 Å². The number of hydrogen-bond donors (Lipinski definition) is 1. The van der Waals surface area contributed by atoms with Gasteiger partial charge < -0.3 is 14.8 Å². The predicted octanol–water partition coefficient (Wildman–Crippen LogP) is 5.11. The van der Waals surface area contributed by atoms with Gasteiger partial charge in [-0.1, -0.05) is 36.4 Å². The maximum Gasteiger partial charge on any atom is 0.234 e. The van der Waals surface area contributed by atoms with E-state index in [1.807, 2.05) is 60.0 Å². The molecule has 0 bridgehead atoms. The molecule has 1 amide bonds. The molecule has 2 aromatic carbocycles. The van der Waals surface area contributed by atoms with Crippen LogP contribution in [0, 0.1) is 0 Å². The number of amides is 1. The summed E-state index contributed by atoms with van der Waals surface area (Å²) in [5, 5.41) is 5.08. The van der Waals surface area contributed by atoms with Crippen molar-refractivity contribution in [3.05, 3.63) is 76.0 Å². The molecule has 6 heteroatoms. The lowest BCUT2D eigenvalue weighted by Crippen LogP contribution is -2.11. The molecule has 1 aromatic heterocycles. The number of ether oxygens (including phenoxy) is 2. The van der Waals surface area contributed by atoms with Crippen molar-refractivity contribution in [3.8, 4) is 11.5 Å². The van der Waals surface area contributed by atoms with E-state index in [-0.39, 0.29) is 11.2 Å². The zero-order chi connectivity index (χ0) is 18.6. The molecule has 138 valence electrons. The van der Waals surface area contributed by atoms with Crippen LogP contribution in [0.4, 0.5) is 5.69 Å². The van der Waals surface area contributed by atoms with Crippen LogP contribution in [-0.4, -0.2) is 18.8 Å². The van der Waals surface area contributed by atoms with Gasteiger partial charge in [-0.25, -0.2) is 0 Å². The number of rotatable bonds is 5. The predicted molar refractivity (Wildman–Crippen MR) is 111 cm³/mol. The number of fused-ring (bicyclic) bond motifs is 1. The van der Waals surface area contributed by atoms with E-state index in [1.165, 1.54) is 0 Å². The summed E-state index contributed by atoms with van der Waals surface area (Å²) in [6, 6.07) is 18.0. The molecule has 0 saturated heterocycles. The van der Waals surface area contributed by atoms with E-state index in [0.29, 0.717) is 23.9 Å². The average molecular weight is 398 g/mol. The Kier molecular flexibility index (Phi) is 5.36. The second kappa shape index (κ2) is 8.06. The van der Waals surface area contributed by atoms with Crippen molar-refractivity contribution < 1.29 is 14.3 Å². The van der Waals surface area contributed by atoms with Gasteiger partial charge in [0.25, 0.3) is 0 Å². The molecule has 1 unspecified atom stereocenters. The Morgan fingerprint density at radius 1 is 1.11 bits per heavy atom. The molecular weight excluding hydrogens is 378 g/mol. The number of carbonyl (C=O) groups excluding carboxylic acids is 1. The average Bonchev–Trinajstić information content (AvgIpc) is 3.09. The van der Waals surface area contributed by atoms with Crippen LogP contribution in [0.3, 0.4) is 0 Å². The number of anilines is 1. The summed E-state index contributed by atoms with van der Waals surface area (Å²) >= 11 is 3.29. The molecule has 2 heterocycles. The molecule has 1 N–H and O–H groups in total. The third-order valence-electron chi connectivity index (χ3n) is 4.32. The molecule has 0 spiro atoms. The monoisotopic (exact) mass is 397 g/mol. The Bertz CT molecular complexity index is 940. The van der Waals surface area contributed by atoms with E-state index in [9.17, 15) is 4.79 Å².